The molecule has 0 spiro atoms. The molecule has 0 atom stereocenters. The van der Waals surface area contributed by atoms with Crippen LogP contribution in [0.4, 0.5) is 22.0 Å². The molecule has 26 heavy (non-hydrogen) atoms. The lowest BCUT2D eigenvalue weighted by atomic mass is 10.1. The van der Waals surface area contributed by atoms with Crippen LogP contribution in [0.25, 0.3) is 0 Å². The molecule has 0 bridgehead atoms. The Morgan fingerprint density at radius 1 is 1.19 bits per heavy atom. The zero-order valence-electron chi connectivity index (χ0n) is 14.5. The molecule has 0 saturated carbocycles. The molecule has 2 rings (SSSR count). The Bertz CT molecular complexity index is 813. The molecule has 4 nitrogen and oxygen atoms in total. The number of hydrogen-bond donors (Lipinski definition) is 0. The minimum atomic E-state index is -4.41. The molecular weight excluding hydrogens is 357 g/mol. The number of aromatic nitrogens is 2. The summed E-state index contributed by atoms with van der Waals surface area (Å²) in [4.78, 5) is 13.7. The molecule has 0 unspecified atom stereocenters. The number of alkyl halides is 3. The molecule has 0 saturated heterocycles. The van der Waals surface area contributed by atoms with Gasteiger partial charge in [0.1, 0.15) is 6.54 Å². The number of likely N-dealkylation sites (N-methyl/N-ethyl adjacent to an activating group) is 1. The fraction of sp³-hybridized carbons (Fsp3) is 0.412. The van der Waals surface area contributed by atoms with Gasteiger partial charge >= 0.3 is 6.18 Å². The Morgan fingerprint density at radius 2 is 1.85 bits per heavy atom. The van der Waals surface area contributed by atoms with E-state index < -0.39 is 24.4 Å². The average Bonchev–Trinajstić information content (AvgIpc) is 2.76. The maximum Gasteiger partial charge on any atom is 0.408 e. The predicted octanol–water partition coefficient (Wildman–Crippen LogP) is 3.54. The Kier molecular flexibility index (Phi) is 5.68. The maximum atomic E-state index is 13.2. The van der Waals surface area contributed by atoms with Crippen molar-refractivity contribution in [3.8, 4) is 0 Å². The number of halogens is 5. The number of rotatable bonds is 5. The fourth-order valence-electron chi connectivity index (χ4n) is 2.60. The van der Waals surface area contributed by atoms with E-state index >= 15 is 0 Å². The van der Waals surface area contributed by atoms with Crippen LogP contribution in [0.2, 0.25) is 0 Å². The molecule has 142 valence electrons. The molecule has 1 aromatic carbocycles. The minimum absolute atomic E-state index is 0.0464. The van der Waals surface area contributed by atoms with Crippen molar-refractivity contribution in [1.29, 1.82) is 0 Å². The summed E-state index contributed by atoms with van der Waals surface area (Å²) in [5.41, 5.74) is 1.45. The number of aryl methyl sites for hydroxylation is 1. The van der Waals surface area contributed by atoms with E-state index in [0.717, 1.165) is 16.8 Å². The van der Waals surface area contributed by atoms with E-state index in [1.165, 1.54) is 31.9 Å². The van der Waals surface area contributed by atoms with E-state index in [-0.39, 0.29) is 24.6 Å². The lowest BCUT2D eigenvalue weighted by Gasteiger charge is -2.17. The van der Waals surface area contributed by atoms with Crippen LogP contribution in [0.1, 0.15) is 22.5 Å². The van der Waals surface area contributed by atoms with E-state index in [0.29, 0.717) is 16.8 Å². The standard InChI is InChI=1S/C17H18F5N3O/c1-10-13(11(2)25(23-10)9-17(20,21)22)7-16(26)24(3)8-12-4-5-14(18)15(19)6-12/h4-6H,7-9H2,1-3H3. The van der Waals surface area contributed by atoms with Gasteiger partial charge in [0, 0.05) is 24.8 Å². The number of nitrogens with zero attached hydrogens (tertiary/aromatic N) is 3. The highest BCUT2D eigenvalue weighted by molar-refractivity contribution is 5.79. The zero-order valence-corrected chi connectivity index (χ0v) is 14.5. The smallest absolute Gasteiger partial charge is 0.341 e. The van der Waals surface area contributed by atoms with Gasteiger partial charge in [0.25, 0.3) is 0 Å². The van der Waals surface area contributed by atoms with Gasteiger partial charge in [-0.15, -0.1) is 0 Å². The fourth-order valence-corrected chi connectivity index (χ4v) is 2.60. The molecule has 1 aromatic heterocycles. The molecular formula is C17H18F5N3O. The van der Waals surface area contributed by atoms with Crippen LogP contribution in [0, 0.1) is 25.5 Å². The van der Waals surface area contributed by atoms with Gasteiger partial charge in [-0.05, 0) is 31.5 Å². The van der Waals surface area contributed by atoms with Gasteiger partial charge in [-0.1, -0.05) is 6.07 Å². The highest BCUT2D eigenvalue weighted by Gasteiger charge is 2.30. The molecule has 9 heteroatoms. The minimum Gasteiger partial charge on any atom is -0.341 e. The summed E-state index contributed by atoms with van der Waals surface area (Å²) < 4.78 is 64.7. The Balaban J connectivity index is 2.10. The van der Waals surface area contributed by atoms with Crippen LogP contribution in [0.3, 0.4) is 0 Å². The van der Waals surface area contributed by atoms with Gasteiger partial charge in [0.05, 0.1) is 12.1 Å². The third-order valence-corrected chi connectivity index (χ3v) is 4.02. The van der Waals surface area contributed by atoms with Crippen molar-refractivity contribution < 1.29 is 26.7 Å². The van der Waals surface area contributed by atoms with E-state index in [1.807, 2.05) is 0 Å². The Hall–Kier alpha value is -2.45. The van der Waals surface area contributed by atoms with E-state index in [9.17, 15) is 26.7 Å². The summed E-state index contributed by atoms with van der Waals surface area (Å²) in [5, 5.41) is 3.85. The number of hydrogen-bond acceptors (Lipinski definition) is 2. The summed E-state index contributed by atoms with van der Waals surface area (Å²) in [7, 11) is 1.48. The lowest BCUT2D eigenvalue weighted by Crippen LogP contribution is -2.28. The molecule has 2 aromatic rings. The second kappa shape index (κ2) is 7.43. The van der Waals surface area contributed by atoms with Crippen molar-refractivity contribution in [2.24, 2.45) is 0 Å². The molecule has 1 amide bonds. The summed E-state index contributed by atoms with van der Waals surface area (Å²) in [6, 6.07) is 3.33. The van der Waals surface area contributed by atoms with Crippen molar-refractivity contribution in [3.63, 3.8) is 0 Å². The highest BCUT2D eigenvalue weighted by Crippen LogP contribution is 2.22. The van der Waals surface area contributed by atoms with Crippen LogP contribution in [-0.2, 0) is 24.3 Å². The first kappa shape index (κ1) is 19.9. The van der Waals surface area contributed by atoms with Crippen molar-refractivity contribution in [2.45, 2.75) is 39.5 Å². The molecule has 0 N–H and O–H groups in total. The first-order valence-corrected chi connectivity index (χ1v) is 7.75. The summed E-state index contributed by atoms with van der Waals surface area (Å²) >= 11 is 0. The first-order valence-electron chi connectivity index (χ1n) is 7.75. The van der Waals surface area contributed by atoms with Gasteiger partial charge in [-0.2, -0.15) is 18.3 Å². The summed E-state index contributed by atoms with van der Waals surface area (Å²) in [6.07, 6.45) is -4.54. The Labute approximate surface area is 147 Å². The summed E-state index contributed by atoms with van der Waals surface area (Å²) in [5.74, 6) is -2.36. The van der Waals surface area contributed by atoms with Crippen LogP contribution in [0.5, 0.6) is 0 Å². The van der Waals surface area contributed by atoms with E-state index in [2.05, 4.69) is 5.10 Å². The average molecular weight is 375 g/mol. The molecule has 0 aliphatic rings. The third-order valence-electron chi connectivity index (χ3n) is 4.02. The third kappa shape index (κ3) is 4.80. The second-order valence-corrected chi connectivity index (χ2v) is 6.10. The summed E-state index contributed by atoms with van der Waals surface area (Å²) in [6.45, 7) is 1.84. The van der Waals surface area contributed by atoms with Crippen LogP contribution >= 0.6 is 0 Å². The second-order valence-electron chi connectivity index (χ2n) is 6.10. The van der Waals surface area contributed by atoms with Gasteiger partial charge < -0.3 is 4.90 Å². The Morgan fingerprint density at radius 3 is 2.42 bits per heavy atom. The van der Waals surface area contributed by atoms with Gasteiger partial charge in [0.2, 0.25) is 5.91 Å². The number of amides is 1. The van der Waals surface area contributed by atoms with E-state index in [1.54, 1.807) is 0 Å². The predicted molar refractivity (Wildman–Crippen MR) is 84.3 cm³/mol. The molecule has 0 aliphatic heterocycles. The van der Waals surface area contributed by atoms with Gasteiger partial charge in [-0.25, -0.2) is 8.78 Å². The largest absolute Gasteiger partial charge is 0.408 e. The maximum absolute atomic E-state index is 13.2. The number of carbonyl (C=O) groups is 1. The molecule has 0 aliphatic carbocycles. The van der Waals surface area contributed by atoms with Gasteiger partial charge in [0.15, 0.2) is 11.6 Å². The van der Waals surface area contributed by atoms with Crippen LogP contribution in [-0.4, -0.2) is 33.8 Å². The number of benzene rings is 1. The van der Waals surface area contributed by atoms with Crippen LogP contribution in [0.15, 0.2) is 18.2 Å². The quantitative estimate of drug-likeness (QED) is 0.750. The number of carbonyl (C=O) groups excluding carboxylic acids is 1. The zero-order chi connectivity index (χ0) is 19.6. The first-order chi connectivity index (χ1) is 12.0. The SMILES string of the molecule is Cc1nn(CC(F)(F)F)c(C)c1CC(=O)N(C)Cc1ccc(F)c(F)c1. The van der Waals surface area contributed by atoms with Crippen molar-refractivity contribution in [2.75, 3.05) is 7.05 Å². The molecule has 1 heterocycles. The highest BCUT2D eigenvalue weighted by atomic mass is 19.4. The van der Waals surface area contributed by atoms with Crippen molar-refractivity contribution in [3.05, 3.63) is 52.3 Å². The van der Waals surface area contributed by atoms with Crippen molar-refractivity contribution in [1.82, 2.24) is 14.7 Å². The van der Waals surface area contributed by atoms with E-state index in [4.69, 9.17) is 0 Å². The van der Waals surface area contributed by atoms with Gasteiger partial charge in [-0.3, -0.25) is 9.48 Å². The normalized spacial score (nSPS) is 11.7. The lowest BCUT2D eigenvalue weighted by molar-refractivity contribution is -0.143. The van der Waals surface area contributed by atoms with Crippen molar-refractivity contribution >= 4 is 5.91 Å². The monoisotopic (exact) mass is 375 g/mol. The van der Waals surface area contributed by atoms with Crippen LogP contribution < -0.4 is 0 Å². The topological polar surface area (TPSA) is 38.1 Å². The molecule has 0 radical (unpaired) electrons. The molecule has 0 fully saturated rings.